The Hall–Kier alpha value is -1.59. The second-order valence-corrected chi connectivity index (χ2v) is 7.29. The van der Waals surface area contributed by atoms with E-state index in [0.717, 1.165) is 12.8 Å². The van der Waals surface area contributed by atoms with Crippen LogP contribution in [0.5, 0.6) is 0 Å². The van der Waals surface area contributed by atoms with Crippen molar-refractivity contribution in [1.29, 1.82) is 0 Å². The third-order valence-electron chi connectivity index (χ3n) is 4.40. The van der Waals surface area contributed by atoms with E-state index in [1.54, 1.807) is 4.90 Å². The zero-order valence-electron chi connectivity index (χ0n) is 13.8. The molecule has 0 aromatic heterocycles. The first-order valence-electron chi connectivity index (χ1n) is 7.77. The first kappa shape index (κ1) is 16.8. The van der Waals surface area contributed by atoms with Gasteiger partial charge in [0.2, 0.25) is 0 Å². The Balaban J connectivity index is 1.84. The Labute approximate surface area is 131 Å². The van der Waals surface area contributed by atoms with Crippen molar-refractivity contribution in [1.82, 2.24) is 4.90 Å². The van der Waals surface area contributed by atoms with Crippen LogP contribution < -0.4 is 0 Å². The average Bonchev–Trinajstić information content (AvgIpc) is 2.94. The monoisotopic (exact) mass is 311 g/mol. The highest BCUT2D eigenvalue weighted by atomic mass is 16.6. The Morgan fingerprint density at radius 1 is 1.09 bits per heavy atom. The van der Waals surface area contributed by atoms with E-state index in [1.165, 1.54) is 7.11 Å². The topological polar surface area (TPSA) is 72.9 Å². The number of amides is 1. The van der Waals surface area contributed by atoms with Gasteiger partial charge in [0.1, 0.15) is 17.8 Å². The van der Waals surface area contributed by atoms with Crippen molar-refractivity contribution >= 4 is 17.8 Å². The number of fused-ring (bicyclic) bond motifs is 1. The Kier molecular flexibility index (Phi) is 4.78. The first-order valence-corrected chi connectivity index (χ1v) is 7.77. The number of carbonyl (C=O) groups is 3. The van der Waals surface area contributed by atoms with Gasteiger partial charge in [0.25, 0.3) is 0 Å². The molecule has 0 aromatic rings. The molecule has 1 aliphatic heterocycles. The fourth-order valence-corrected chi connectivity index (χ4v) is 3.40. The van der Waals surface area contributed by atoms with Gasteiger partial charge in [-0.15, -0.1) is 0 Å². The molecular weight excluding hydrogens is 286 g/mol. The van der Waals surface area contributed by atoms with Crippen molar-refractivity contribution in [3.8, 4) is 0 Å². The number of ether oxygens (including phenoxy) is 2. The fraction of sp³-hybridized carbons (Fsp3) is 0.812. The third kappa shape index (κ3) is 3.99. The van der Waals surface area contributed by atoms with Crippen LogP contribution in [0, 0.1) is 17.8 Å². The molecule has 2 unspecified atom stereocenters. The normalized spacial score (nSPS) is 27.5. The second kappa shape index (κ2) is 6.26. The molecule has 1 aliphatic carbocycles. The molecule has 0 spiro atoms. The molecule has 1 amide bonds. The summed E-state index contributed by atoms with van der Waals surface area (Å²) in [7, 11) is 1.29. The summed E-state index contributed by atoms with van der Waals surface area (Å²) >= 11 is 0. The smallest absolute Gasteiger partial charge is 0.410 e. The maximum atomic E-state index is 12.1. The van der Waals surface area contributed by atoms with Gasteiger partial charge in [-0.1, -0.05) is 0 Å². The molecule has 22 heavy (non-hydrogen) atoms. The van der Waals surface area contributed by atoms with E-state index >= 15 is 0 Å². The van der Waals surface area contributed by atoms with E-state index in [4.69, 9.17) is 4.74 Å². The predicted molar refractivity (Wildman–Crippen MR) is 79.2 cm³/mol. The van der Waals surface area contributed by atoms with Gasteiger partial charge in [-0.25, -0.2) is 4.79 Å². The molecule has 1 saturated heterocycles. The lowest BCUT2D eigenvalue weighted by Crippen LogP contribution is -2.36. The van der Waals surface area contributed by atoms with Crippen LogP contribution in [0.3, 0.4) is 0 Å². The summed E-state index contributed by atoms with van der Waals surface area (Å²) in [6.45, 7) is 6.83. The first-order chi connectivity index (χ1) is 10.2. The molecule has 6 heteroatoms. The summed E-state index contributed by atoms with van der Waals surface area (Å²) in [5.74, 6) is 0.0793. The standard InChI is InChI=1S/C16H25NO5/c1-16(2,3)22-15(20)17-8-11-5-10(6-12(11)9-17)13(18)7-14(19)21-4/h10-12H,5-9H2,1-4H3. The minimum absolute atomic E-state index is 0.0370. The highest BCUT2D eigenvalue weighted by Crippen LogP contribution is 2.42. The lowest BCUT2D eigenvalue weighted by atomic mass is 9.98. The summed E-state index contributed by atoms with van der Waals surface area (Å²) < 4.78 is 9.93. The molecule has 0 N–H and O–H groups in total. The zero-order valence-corrected chi connectivity index (χ0v) is 13.8. The molecule has 2 rings (SSSR count). The molecule has 1 saturated carbocycles. The van der Waals surface area contributed by atoms with Crippen LogP contribution in [-0.4, -0.2) is 48.5 Å². The van der Waals surface area contributed by atoms with Crippen molar-refractivity contribution in [2.75, 3.05) is 20.2 Å². The molecule has 0 radical (unpaired) electrons. The summed E-state index contributed by atoms with van der Waals surface area (Å²) in [5.41, 5.74) is -0.492. The van der Waals surface area contributed by atoms with E-state index in [-0.39, 0.29) is 24.2 Å². The van der Waals surface area contributed by atoms with Crippen molar-refractivity contribution in [3.63, 3.8) is 0 Å². The van der Waals surface area contributed by atoms with Crippen LogP contribution >= 0.6 is 0 Å². The Bertz CT molecular complexity index is 454. The number of carbonyl (C=O) groups excluding carboxylic acids is 3. The quantitative estimate of drug-likeness (QED) is 0.589. The maximum Gasteiger partial charge on any atom is 0.410 e. The molecule has 0 bridgehead atoms. The van der Waals surface area contributed by atoms with Crippen LogP contribution in [0.2, 0.25) is 0 Å². The van der Waals surface area contributed by atoms with Gasteiger partial charge in [0.05, 0.1) is 7.11 Å². The molecule has 124 valence electrons. The van der Waals surface area contributed by atoms with Gasteiger partial charge < -0.3 is 14.4 Å². The molecule has 0 aromatic carbocycles. The van der Waals surface area contributed by atoms with Crippen molar-refractivity contribution in [2.24, 2.45) is 17.8 Å². The largest absolute Gasteiger partial charge is 0.469 e. The van der Waals surface area contributed by atoms with Gasteiger partial charge in [0, 0.05) is 19.0 Å². The van der Waals surface area contributed by atoms with Crippen LogP contribution in [0.25, 0.3) is 0 Å². The predicted octanol–water partition coefficient (Wildman–Crippen LogP) is 2.01. The van der Waals surface area contributed by atoms with Crippen LogP contribution in [0.15, 0.2) is 0 Å². The average molecular weight is 311 g/mol. The fourth-order valence-electron chi connectivity index (χ4n) is 3.40. The second-order valence-electron chi connectivity index (χ2n) is 7.29. The van der Waals surface area contributed by atoms with Gasteiger partial charge in [-0.05, 0) is 45.4 Å². The lowest BCUT2D eigenvalue weighted by Gasteiger charge is -2.25. The number of hydrogen-bond acceptors (Lipinski definition) is 5. The van der Waals surface area contributed by atoms with Crippen molar-refractivity contribution in [3.05, 3.63) is 0 Å². The number of rotatable bonds is 3. The van der Waals surface area contributed by atoms with Crippen LogP contribution in [-0.2, 0) is 19.1 Å². The summed E-state index contributed by atoms with van der Waals surface area (Å²) in [6.07, 6.45) is 1.08. The van der Waals surface area contributed by atoms with E-state index < -0.39 is 11.6 Å². The number of esters is 1. The molecule has 1 heterocycles. The minimum Gasteiger partial charge on any atom is -0.469 e. The molecular formula is C16H25NO5. The van der Waals surface area contributed by atoms with E-state index in [1.807, 2.05) is 20.8 Å². The number of likely N-dealkylation sites (tertiary alicyclic amines) is 1. The summed E-state index contributed by atoms with van der Waals surface area (Å²) in [4.78, 5) is 37.0. The Morgan fingerprint density at radius 2 is 1.64 bits per heavy atom. The number of methoxy groups -OCH3 is 1. The van der Waals surface area contributed by atoms with Gasteiger partial charge in [-0.3, -0.25) is 9.59 Å². The number of nitrogens with zero attached hydrogens (tertiary/aromatic N) is 1. The van der Waals surface area contributed by atoms with Crippen molar-refractivity contribution < 1.29 is 23.9 Å². The number of Topliss-reactive ketones (excluding diaryl/α,β-unsaturated/α-hetero) is 1. The lowest BCUT2D eigenvalue weighted by molar-refractivity contribution is -0.144. The van der Waals surface area contributed by atoms with E-state index in [9.17, 15) is 14.4 Å². The van der Waals surface area contributed by atoms with Gasteiger partial charge in [0.15, 0.2) is 0 Å². The molecule has 2 fully saturated rings. The SMILES string of the molecule is COC(=O)CC(=O)C1CC2CN(C(=O)OC(C)(C)C)CC2C1. The van der Waals surface area contributed by atoms with Crippen molar-refractivity contribution in [2.45, 2.75) is 45.6 Å². The minimum atomic E-state index is -0.492. The molecule has 2 aliphatic rings. The van der Waals surface area contributed by atoms with Gasteiger partial charge in [-0.2, -0.15) is 0 Å². The third-order valence-corrected chi connectivity index (χ3v) is 4.40. The summed E-state index contributed by atoms with van der Waals surface area (Å²) in [6, 6.07) is 0. The Morgan fingerprint density at radius 3 is 2.09 bits per heavy atom. The molecule has 2 atom stereocenters. The van der Waals surface area contributed by atoms with E-state index in [2.05, 4.69) is 4.74 Å². The van der Waals surface area contributed by atoms with Crippen LogP contribution in [0.4, 0.5) is 4.79 Å². The maximum absolute atomic E-state index is 12.1. The van der Waals surface area contributed by atoms with Crippen LogP contribution in [0.1, 0.15) is 40.0 Å². The number of hydrogen-bond donors (Lipinski definition) is 0. The highest BCUT2D eigenvalue weighted by Gasteiger charge is 2.45. The van der Waals surface area contributed by atoms with E-state index in [0.29, 0.717) is 24.9 Å². The molecule has 6 nitrogen and oxygen atoms in total. The highest BCUT2D eigenvalue weighted by molar-refractivity contribution is 5.96. The zero-order chi connectivity index (χ0) is 16.5. The van der Waals surface area contributed by atoms with Gasteiger partial charge >= 0.3 is 12.1 Å². The number of ketones is 1. The summed E-state index contributed by atoms with van der Waals surface area (Å²) in [5, 5.41) is 0.